The molecule has 0 unspecified atom stereocenters. The molecule has 96 valence electrons. The molecule has 2 heterocycles. The smallest absolute Gasteiger partial charge is 0.122 e. The van der Waals surface area contributed by atoms with Gasteiger partial charge in [0.25, 0.3) is 0 Å². The summed E-state index contributed by atoms with van der Waals surface area (Å²) in [5.41, 5.74) is 0. The third kappa shape index (κ3) is 3.82. The van der Waals surface area contributed by atoms with Crippen LogP contribution in [0.15, 0.2) is 12.4 Å². The first kappa shape index (κ1) is 12.6. The van der Waals surface area contributed by atoms with Gasteiger partial charge in [-0.15, -0.1) is 0 Å². The monoisotopic (exact) mass is 237 g/mol. The molecular weight excluding hydrogens is 214 g/mol. The van der Waals surface area contributed by atoms with Crippen LogP contribution < -0.4 is 5.32 Å². The van der Waals surface area contributed by atoms with Crippen LogP contribution in [0, 0.1) is 5.92 Å². The highest BCUT2D eigenvalue weighted by atomic mass is 16.5. The molecule has 0 radical (unpaired) electrons. The molecular formula is C13H23N3O. The lowest BCUT2D eigenvalue weighted by atomic mass is 10.0. The molecule has 1 aromatic rings. The van der Waals surface area contributed by atoms with Crippen LogP contribution in [0.5, 0.6) is 0 Å². The van der Waals surface area contributed by atoms with Gasteiger partial charge in [0.1, 0.15) is 5.82 Å². The maximum atomic E-state index is 5.39. The SMILES string of the molecule is CC(C)NCc1nccn1CC1CCOCC1. The lowest BCUT2D eigenvalue weighted by molar-refractivity contribution is 0.0609. The van der Waals surface area contributed by atoms with E-state index in [0.29, 0.717) is 6.04 Å². The molecule has 0 atom stereocenters. The van der Waals surface area contributed by atoms with Crippen molar-refractivity contribution in [3.8, 4) is 0 Å². The number of hydrogen-bond acceptors (Lipinski definition) is 3. The van der Waals surface area contributed by atoms with E-state index in [1.807, 2.05) is 6.20 Å². The minimum absolute atomic E-state index is 0.503. The zero-order valence-corrected chi connectivity index (χ0v) is 10.9. The van der Waals surface area contributed by atoms with Gasteiger partial charge in [-0.2, -0.15) is 0 Å². The van der Waals surface area contributed by atoms with Gasteiger partial charge in [0, 0.05) is 38.2 Å². The number of nitrogens with zero attached hydrogens (tertiary/aromatic N) is 2. The summed E-state index contributed by atoms with van der Waals surface area (Å²) >= 11 is 0. The maximum Gasteiger partial charge on any atom is 0.122 e. The molecule has 0 spiro atoms. The summed E-state index contributed by atoms with van der Waals surface area (Å²) < 4.78 is 7.67. The van der Waals surface area contributed by atoms with Crippen molar-refractivity contribution in [1.82, 2.24) is 14.9 Å². The van der Waals surface area contributed by atoms with Crippen molar-refractivity contribution in [3.63, 3.8) is 0 Å². The second-order valence-electron chi connectivity index (χ2n) is 5.09. The Morgan fingerprint density at radius 1 is 1.47 bits per heavy atom. The molecule has 1 saturated heterocycles. The second-order valence-corrected chi connectivity index (χ2v) is 5.09. The summed E-state index contributed by atoms with van der Waals surface area (Å²) in [7, 11) is 0. The molecule has 2 rings (SSSR count). The van der Waals surface area contributed by atoms with Gasteiger partial charge < -0.3 is 14.6 Å². The molecule has 4 nitrogen and oxygen atoms in total. The Labute approximate surface area is 103 Å². The van der Waals surface area contributed by atoms with Gasteiger partial charge in [0.2, 0.25) is 0 Å². The minimum atomic E-state index is 0.503. The molecule has 1 fully saturated rings. The van der Waals surface area contributed by atoms with Crippen LogP contribution in [0.1, 0.15) is 32.5 Å². The highest BCUT2D eigenvalue weighted by molar-refractivity contribution is 4.93. The first-order chi connectivity index (χ1) is 8.25. The van der Waals surface area contributed by atoms with Gasteiger partial charge in [-0.25, -0.2) is 4.98 Å². The number of aromatic nitrogens is 2. The van der Waals surface area contributed by atoms with E-state index in [1.165, 1.54) is 12.8 Å². The van der Waals surface area contributed by atoms with E-state index in [0.717, 1.165) is 38.0 Å². The fourth-order valence-electron chi connectivity index (χ4n) is 2.18. The molecule has 1 aromatic heterocycles. The van der Waals surface area contributed by atoms with E-state index in [1.54, 1.807) is 0 Å². The standard InChI is InChI=1S/C13H23N3O/c1-11(2)15-9-13-14-5-6-16(13)10-12-3-7-17-8-4-12/h5-6,11-12,15H,3-4,7-10H2,1-2H3. The number of rotatable bonds is 5. The molecule has 0 aromatic carbocycles. The Morgan fingerprint density at radius 3 is 2.94 bits per heavy atom. The zero-order chi connectivity index (χ0) is 12.1. The van der Waals surface area contributed by atoms with Crippen molar-refractivity contribution in [2.45, 2.75) is 45.8 Å². The van der Waals surface area contributed by atoms with Gasteiger partial charge in [0.05, 0.1) is 6.54 Å². The largest absolute Gasteiger partial charge is 0.381 e. The van der Waals surface area contributed by atoms with Crippen molar-refractivity contribution < 1.29 is 4.74 Å². The number of ether oxygens (including phenoxy) is 1. The average Bonchev–Trinajstić information content (AvgIpc) is 2.75. The van der Waals surface area contributed by atoms with Gasteiger partial charge in [-0.05, 0) is 18.8 Å². The van der Waals surface area contributed by atoms with Gasteiger partial charge >= 0.3 is 0 Å². The van der Waals surface area contributed by atoms with Gasteiger partial charge in [0.15, 0.2) is 0 Å². The first-order valence-electron chi connectivity index (χ1n) is 6.57. The third-order valence-electron chi connectivity index (χ3n) is 3.27. The van der Waals surface area contributed by atoms with Crippen molar-refractivity contribution >= 4 is 0 Å². The predicted molar refractivity (Wildman–Crippen MR) is 67.7 cm³/mol. The molecule has 1 aliphatic heterocycles. The number of nitrogens with one attached hydrogen (secondary N) is 1. The van der Waals surface area contributed by atoms with Crippen LogP contribution in [-0.4, -0.2) is 28.8 Å². The van der Waals surface area contributed by atoms with Crippen LogP contribution in [0.4, 0.5) is 0 Å². The normalized spacial score (nSPS) is 17.8. The second kappa shape index (κ2) is 6.17. The highest BCUT2D eigenvalue weighted by Gasteiger charge is 2.15. The Kier molecular flexibility index (Phi) is 4.57. The van der Waals surface area contributed by atoms with E-state index in [2.05, 4.69) is 34.9 Å². The lowest BCUT2D eigenvalue weighted by Gasteiger charge is -2.23. The molecule has 0 aliphatic carbocycles. The van der Waals surface area contributed by atoms with Crippen LogP contribution in [-0.2, 0) is 17.8 Å². The third-order valence-corrected chi connectivity index (χ3v) is 3.27. The minimum Gasteiger partial charge on any atom is -0.381 e. The van der Waals surface area contributed by atoms with Gasteiger partial charge in [-0.1, -0.05) is 13.8 Å². The van der Waals surface area contributed by atoms with Crippen LogP contribution in [0.2, 0.25) is 0 Å². The molecule has 0 amide bonds. The van der Waals surface area contributed by atoms with Crippen molar-refractivity contribution in [2.24, 2.45) is 5.92 Å². The average molecular weight is 237 g/mol. The van der Waals surface area contributed by atoms with Crippen molar-refractivity contribution in [2.75, 3.05) is 13.2 Å². The van der Waals surface area contributed by atoms with Crippen LogP contribution in [0.25, 0.3) is 0 Å². The summed E-state index contributed by atoms with van der Waals surface area (Å²) in [4.78, 5) is 4.42. The molecule has 0 saturated carbocycles. The lowest BCUT2D eigenvalue weighted by Crippen LogP contribution is -2.26. The van der Waals surface area contributed by atoms with Gasteiger partial charge in [-0.3, -0.25) is 0 Å². The maximum absolute atomic E-state index is 5.39. The summed E-state index contributed by atoms with van der Waals surface area (Å²) in [6, 6.07) is 0.503. The summed E-state index contributed by atoms with van der Waals surface area (Å²) in [5.74, 6) is 1.89. The molecule has 4 heteroatoms. The zero-order valence-electron chi connectivity index (χ0n) is 10.9. The summed E-state index contributed by atoms with van der Waals surface area (Å²) in [5, 5.41) is 3.42. The Bertz CT molecular complexity index is 329. The summed E-state index contributed by atoms with van der Waals surface area (Å²) in [6.45, 7) is 8.09. The van der Waals surface area contributed by atoms with E-state index in [4.69, 9.17) is 4.74 Å². The van der Waals surface area contributed by atoms with E-state index in [-0.39, 0.29) is 0 Å². The quantitative estimate of drug-likeness (QED) is 0.849. The molecule has 1 aliphatic rings. The Balaban J connectivity index is 1.88. The van der Waals surface area contributed by atoms with Crippen LogP contribution >= 0.6 is 0 Å². The molecule has 0 bridgehead atoms. The number of hydrogen-bond donors (Lipinski definition) is 1. The van der Waals surface area contributed by atoms with E-state index < -0.39 is 0 Å². The van der Waals surface area contributed by atoms with Crippen molar-refractivity contribution in [1.29, 1.82) is 0 Å². The number of imidazole rings is 1. The fraction of sp³-hybridized carbons (Fsp3) is 0.769. The molecule has 1 N–H and O–H groups in total. The van der Waals surface area contributed by atoms with E-state index >= 15 is 0 Å². The first-order valence-corrected chi connectivity index (χ1v) is 6.57. The molecule has 17 heavy (non-hydrogen) atoms. The highest BCUT2D eigenvalue weighted by Crippen LogP contribution is 2.17. The Hall–Kier alpha value is -0.870. The fourth-order valence-corrected chi connectivity index (χ4v) is 2.18. The van der Waals surface area contributed by atoms with Crippen molar-refractivity contribution in [3.05, 3.63) is 18.2 Å². The predicted octanol–water partition coefficient (Wildman–Crippen LogP) is 1.81. The van der Waals surface area contributed by atoms with Crippen LogP contribution in [0.3, 0.4) is 0 Å². The Morgan fingerprint density at radius 2 is 2.24 bits per heavy atom. The topological polar surface area (TPSA) is 39.1 Å². The van der Waals surface area contributed by atoms with E-state index in [9.17, 15) is 0 Å². The summed E-state index contributed by atoms with van der Waals surface area (Å²) in [6.07, 6.45) is 6.34.